The van der Waals surface area contributed by atoms with Crippen LogP contribution in [0.3, 0.4) is 0 Å². The van der Waals surface area contributed by atoms with E-state index in [1.807, 2.05) is 13.8 Å². The number of halogens is 1. The molecule has 1 aromatic carbocycles. The average molecular weight is 424 g/mol. The Morgan fingerprint density at radius 2 is 1.77 bits per heavy atom. The number of nitrogens with zero attached hydrogens (tertiary/aromatic N) is 4. The topological polar surface area (TPSA) is 67.7 Å². The molecule has 162 valence electrons. The molecular formula is C23H25FN4O3. The molecule has 1 saturated heterocycles. The molecular weight excluding hydrogens is 399 g/mol. The van der Waals surface area contributed by atoms with Crippen molar-refractivity contribution in [2.24, 2.45) is 7.05 Å². The van der Waals surface area contributed by atoms with Crippen LogP contribution in [0.15, 0.2) is 47.5 Å². The van der Waals surface area contributed by atoms with Gasteiger partial charge in [-0.05, 0) is 49.7 Å². The van der Waals surface area contributed by atoms with Crippen LogP contribution in [0.2, 0.25) is 0 Å². The van der Waals surface area contributed by atoms with E-state index in [9.17, 15) is 14.0 Å². The molecule has 0 saturated carbocycles. The van der Waals surface area contributed by atoms with Crippen molar-refractivity contribution in [3.05, 3.63) is 58.9 Å². The summed E-state index contributed by atoms with van der Waals surface area (Å²) in [4.78, 5) is 33.4. The largest absolute Gasteiger partial charge is 0.447 e. The second-order valence-electron chi connectivity index (χ2n) is 7.89. The number of carbonyl (C=O) groups is 1. The van der Waals surface area contributed by atoms with Gasteiger partial charge in [-0.15, -0.1) is 0 Å². The number of amides is 1. The third-order valence-electron chi connectivity index (χ3n) is 5.49. The molecule has 31 heavy (non-hydrogen) atoms. The number of hydrogen-bond donors (Lipinski definition) is 0. The molecule has 3 aromatic rings. The molecule has 0 bridgehead atoms. The first-order valence-corrected chi connectivity index (χ1v) is 10.3. The lowest BCUT2D eigenvalue weighted by molar-refractivity contribution is 0.0752. The Hall–Kier alpha value is -3.42. The summed E-state index contributed by atoms with van der Waals surface area (Å²) in [6.07, 6.45) is 2.74. The summed E-state index contributed by atoms with van der Waals surface area (Å²) < 4.78 is 21.1. The minimum absolute atomic E-state index is 0.165. The number of ether oxygens (including phenoxy) is 1. The molecule has 2 aromatic heterocycles. The number of benzene rings is 1. The van der Waals surface area contributed by atoms with Gasteiger partial charge in [0.1, 0.15) is 5.82 Å². The van der Waals surface area contributed by atoms with E-state index < -0.39 is 0 Å². The zero-order valence-electron chi connectivity index (χ0n) is 17.8. The Morgan fingerprint density at radius 3 is 2.42 bits per heavy atom. The zero-order valence-corrected chi connectivity index (χ0v) is 17.8. The number of rotatable bonds is 3. The summed E-state index contributed by atoms with van der Waals surface area (Å²) >= 11 is 0. The summed E-state index contributed by atoms with van der Waals surface area (Å²) in [6.45, 7) is 5.54. The lowest BCUT2D eigenvalue weighted by atomic mass is 10.0. The van der Waals surface area contributed by atoms with Crippen molar-refractivity contribution in [3.63, 3.8) is 0 Å². The molecule has 0 atom stereocenters. The number of anilines is 1. The fourth-order valence-corrected chi connectivity index (χ4v) is 4.00. The van der Waals surface area contributed by atoms with E-state index >= 15 is 0 Å². The quantitative estimate of drug-likeness (QED) is 0.645. The van der Waals surface area contributed by atoms with Gasteiger partial charge in [-0.3, -0.25) is 9.78 Å². The normalized spacial score (nSPS) is 14.4. The van der Waals surface area contributed by atoms with Gasteiger partial charge < -0.3 is 19.1 Å². The van der Waals surface area contributed by atoms with Gasteiger partial charge in [0.05, 0.1) is 22.9 Å². The molecule has 1 amide bonds. The highest BCUT2D eigenvalue weighted by Gasteiger charge is 2.27. The molecule has 4 rings (SSSR count). The van der Waals surface area contributed by atoms with Crippen molar-refractivity contribution < 1.29 is 13.9 Å². The molecule has 3 heterocycles. The lowest BCUT2D eigenvalue weighted by Crippen LogP contribution is -2.49. The summed E-state index contributed by atoms with van der Waals surface area (Å²) in [5, 5.41) is 0.659. The van der Waals surface area contributed by atoms with Crippen LogP contribution in [0.1, 0.15) is 13.8 Å². The predicted octanol–water partition coefficient (Wildman–Crippen LogP) is 3.41. The highest BCUT2D eigenvalue weighted by molar-refractivity contribution is 6.00. The maximum Gasteiger partial charge on any atom is 0.410 e. The van der Waals surface area contributed by atoms with Gasteiger partial charge in [0.25, 0.3) is 5.56 Å². The minimum Gasteiger partial charge on any atom is -0.447 e. The van der Waals surface area contributed by atoms with Gasteiger partial charge in [-0.1, -0.05) is 0 Å². The van der Waals surface area contributed by atoms with Gasteiger partial charge in [-0.25, -0.2) is 9.18 Å². The number of aryl methyl sites for hydroxylation is 1. The number of fused-ring (bicyclic) bond motifs is 1. The van der Waals surface area contributed by atoms with Crippen molar-refractivity contribution >= 4 is 22.7 Å². The Balaban J connectivity index is 1.82. The minimum atomic E-state index is -0.368. The standard InChI is InChI=1S/C23H25FN4O3/c1-15(2)31-23(30)28-12-10-27(11-13-28)21-18-14-17(24)4-5-19(18)26(3)22(29)20(21)16-6-8-25-9-7-16/h4-9,14-15H,10-13H2,1-3H3. The van der Waals surface area contributed by atoms with E-state index in [-0.39, 0.29) is 23.6 Å². The van der Waals surface area contributed by atoms with Crippen LogP contribution >= 0.6 is 0 Å². The van der Waals surface area contributed by atoms with E-state index in [2.05, 4.69) is 9.88 Å². The summed E-state index contributed by atoms with van der Waals surface area (Å²) in [7, 11) is 1.69. The highest BCUT2D eigenvalue weighted by atomic mass is 19.1. The summed E-state index contributed by atoms with van der Waals surface area (Å²) in [5.74, 6) is -0.368. The Morgan fingerprint density at radius 1 is 1.10 bits per heavy atom. The fourth-order valence-electron chi connectivity index (χ4n) is 4.00. The summed E-state index contributed by atoms with van der Waals surface area (Å²) in [6, 6.07) is 8.01. The zero-order chi connectivity index (χ0) is 22.1. The lowest BCUT2D eigenvalue weighted by Gasteiger charge is -2.37. The van der Waals surface area contributed by atoms with E-state index in [4.69, 9.17) is 4.74 Å². The van der Waals surface area contributed by atoms with Crippen LogP contribution in [0, 0.1) is 5.82 Å². The SMILES string of the molecule is CC(C)OC(=O)N1CCN(c2c(-c3ccncc3)c(=O)n(C)c3ccc(F)cc23)CC1. The molecule has 0 radical (unpaired) electrons. The van der Waals surface area contributed by atoms with Gasteiger partial charge in [0.2, 0.25) is 0 Å². The second-order valence-corrected chi connectivity index (χ2v) is 7.89. The monoisotopic (exact) mass is 424 g/mol. The van der Waals surface area contributed by atoms with Gasteiger partial charge in [0, 0.05) is 51.0 Å². The maximum atomic E-state index is 14.3. The maximum absolute atomic E-state index is 14.3. The first-order valence-electron chi connectivity index (χ1n) is 10.3. The Kier molecular flexibility index (Phi) is 5.63. The average Bonchev–Trinajstić information content (AvgIpc) is 2.76. The third-order valence-corrected chi connectivity index (χ3v) is 5.49. The molecule has 0 N–H and O–H groups in total. The predicted molar refractivity (Wildman–Crippen MR) is 118 cm³/mol. The van der Waals surface area contributed by atoms with E-state index in [1.54, 1.807) is 47.1 Å². The van der Waals surface area contributed by atoms with Crippen LogP contribution in [-0.4, -0.2) is 52.8 Å². The smallest absolute Gasteiger partial charge is 0.410 e. The van der Waals surface area contributed by atoms with Crippen LogP contribution in [0.25, 0.3) is 22.0 Å². The molecule has 1 aliphatic heterocycles. The molecule has 8 heteroatoms. The summed E-state index contributed by atoms with van der Waals surface area (Å²) in [5.41, 5.74) is 2.39. The Bertz CT molecular complexity index is 1170. The first-order chi connectivity index (χ1) is 14.9. The first kappa shape index (κ1) is 20.8. The van der Waals surface area contributed by atoms with E-state index in [0.717, 1.165) is 5.56 Å². The second kappa shape index (κ2) is 8.37. The van der Waals surface area contributed by atoms with Crippen molar-refractivity contribution in [2.45, 2.75) is 20.0 Å². The van der Waals surface area contributed by atoms with Crippen molar-refractivity contribution in [1.29, 1.82) is 0 Å². The molecule has 1 aliphatic rings. The molecule has 0 unspecified atom stereocenters. The van der Waals surface area contributed by atoms with Crippen LogP contribution in [0.5, 0.6) is 0 Å². The third kappa shape index (κ3) is 3.97. The van der Waals surface area contributed by atoms with Gasteiger partial charge >= 0.3 is 6.09 Å². The van der Waals surface area contributed by atoms with Crippen molar-refractivity contribution in [2.75, 3.05) is 31.1 Å². The van der Waals surface area contributed by atoms with E-state index in [0.29, 0.717) is 48.3 Å². The molecule has 7 nitrogen and oxygen atoms in total. The fraction of sp³-hybridized carbons (Fsp3) is 0.348. The Labute approximate surface area is 179 Å². The van der Waals surface area contributed by atoms with Crippen LogP contribution < -0.4 is 10.5 Å². The van der Waals surface area contributed by atoms with E-state index in [1.165, 1.54) is 12.1 Å². The number of carbonyl (C=O) groups excluding carboxylic acids is 1. The molecule has 0 aliphatic carbocycles. The van der Waals surface area contributed by atoms with Crippen LogP contribution in [-0.2, 0) is 11.8 Å². The molecule has 1 fully saturated rings. The number of hydrogen-bond acceptors (Lipinski definition) is 5. The highest BCUT2D eigenvalue weighted by Crippen LogP contribution is 2.35. The number of aromatic nitrogens is 2. The van der Waals surface area contributed by atoms with Crippen LogP contribution in [0.4, 0.5) is 14.9 Å². The molecule has 0 spiro atoms. The number of piperazine rings is 1. The van der Waals surface area contributed by atoms with Crippen molar-refractivity contribution in [3.8, 4) is 11.1 Å². The van der Waals surface area contributed by atoms with Gasteiger partial charge in [0.15, 0.2) is 0 Å². The van der Waals surface area contributed by atoms with Gasteiger partial charge in [-0.2, -0.15) is 0 Å². The van der Waals surface area contributed by atoms with Crippen molar-refractivity contribution in [1.82, 2.24) is 14.5 Å². The number of pyridine rings is 2.